The summed E-state index contributed by atoms with van der Waals surface area (Å²) in [6.07, 6.45) is 51.1. The summed E-state index contributed by atoms with van der Waals surface area (Å²) in [6, 6.07) is -1.03. The average Bonchev–Trinajstić information content (AvgIpc) is 3.24. The number of hydrogen-bond acceptors (Lipinski definition) is 6. The average molecular weight is 914 g/mol. The highest BCUT2D eigenvalue weighted by Gasteiger charge is 2.31. The Hall–Kier alpha value is -1.06. The summed E-state index contributed by atoms with van der Waals surface area (Å²) in [7, 11) is 1.44. The van der Waals surface area contributed by atoms with Gasteiger partial charge >= 0.3 is 7.82 Å². The number of carbonyl (C=O) groups excluding carboxylic acids is 1. The molecule has 0 aliphatic rings. The molecule has 0 spiro atoms. The molecular weight excluding hydrogens is 808 g/mol. The Morgan fingerprint density at radius 3 is 1.35 bits per heavy atom. The van der Waals surface area contributed by atoms with Gasteiger partial charge in [-0.2, -0.15) is 0 Å². The largest absolute Gasteiger partial charge is 0.472 e. The molecule has 0 saturated heterocycles. The summed E-state index contributed by atoms with van der Waals surface area (Å²) in [4.78, 5) is 23.3. The fraction of sp³-hybridized carbons (Fsp3) is 0.906. The van der Waals surface area contributed by atoms with E-state index in [9.17, 15) is 24.5 Å². The number of allylic oxidation sites excluding steroid dienone is 4. The maximum Gasteiger partial charge on any atom is 0.472 e. The van der Waals surface area contributed by atoms with Gasteiger partial charge in [0, 0.05) is 6.42 Å². The van der Waals surface area contributed by atoms with Crippen LogP contribution < -0.4 is 5.32 Å². The smallest absolute Gasteiger partial charge is 0.390 e. The molecule has 4 atom stereocenters. The van der Waals surface area contributed by atoms with Crippen LogP contribution in [0.5, 0.6) is 0 Å². The molecule has 1 amide bonds. The lowest BCUT2D eigenvalue weighted by molar-refractivity contribution is -0.870. The van der Waals surface area contributed by atoms with Crippen LogP contribution in [-0.2, 0) is 18.4 Å². The van der Waals surface area contributed by atoms with E-state index in [1.807, 2.05) is 21.1 Å². The molecule has 0 aliphatic heterocycles. The lowest BCUT2D eigenvalue weighted by Gasteiger charge is -2.28. The molecule has 0 fully saturated rings. The van der Waals surface area contributed by atoms with Crippen molar-refractivity contribution >= 4 is 13.7 Å². The molecular formula is C53H106N2O7P+. The van der Waals surface area contributed by atoms with Crippen LogP contribution in [-0.4, -0.2) is 84.6 Å². The van der Waals surface area contributed by atoms with Crippen molar-refractivity contribution in [1.82, 2.24) is 5.32 Å². The Kier molecular flexibility index (Phi) is 44.0. The summed E-state index contributed by atoms with van der Waals surface area (Å²) in [5, 5.41) is 24.8. The Morgan fingerprint density at radius 1 is 0.556 bits per heavy atom. The highest BCUT2D eigenvalue weighted by Crippen LogP contribution is 2.43. The van der Waals surface area contributed by atoms with Gasteiger partial charge in [-0.3, -0.25) is 13.8 Å². The van der Waals surface area contributed by atoms with Crippen LogP contribution in [0.3, 0.4) is 0 Å². The number of rotatable bonds is 49. The highest BCUT2D eigenvalue weighted by molar-refractivity contribution is 7.47. The monoisotopic (exact) mass is 914 g/mol. The highest BCUT2D eigenvalue weighted by atomic mass is 31.2. The second-order valence-corrected chi connectivity index (χ2v) is 21.2. The number of quaternary nitrogens is 1. The quantitative estimate of drug-likeness (QED) is 0.0207. The Balaban J connectivity index is 4.20. The molecule has 0 aromatic carbocycles. The SMILES string of the molecule is CCCCCCC/C=C\C/C=C\CCCCCCCCCCCCCCCCCC(=O)NC(COP(=O)(O)OCC[N+](C)(C)C)C(O)C(O)CCCCCCCCCCCCCC. The standard InChI is InChI=1S/C53H105N2O7P/c1-6-8-10-12-14-16-18-20-21-22-23-24-25-26-27-28-29-30-31-32-33-34-36-38-40-42-44-46-52(57)54-50(49-62-63(59,60)61-48-47-55(3,4)5)53(58)51(56)45-43-41-39-37-35-19-17-15-13-11-9-7-2/h18,20,22-23,50-51,53,56,58H,6-17,19,21,24-49H2,1-5H3,(H-,54,57,59,60)/p+1/b20-18-,23-22-. The van der Waals surface area contributed by atoms with E-state index in [2.05, 4.69) is 43.5 Å². The van der Waals surface area contributed by atoms with Crippen molar-refractivity contribution in [2.45, 2.75) is 270 Å². The van der Waals surface area contributed by atoms with Crippen molar-refractivity contribution in [3.63, 3.8) is 0 Å². The number of hydrogen-bond donors (Lipinski definition) is 4. The van der Waals surface area contributed by atoms with Crippen LogP contribution in [0.4, 0.5) is 0 Å². The zero-order valence-electron chi connectivity index (χ0n) is 42.2. The fourth-order valence-corrected chi connectivity index (χ4v) is 8.73. The Bertz CT molecular complexity index is 1100. The first-order valence-corrected chi connectivity index (χ1v) is 28.3. The van der Waals surface area contributed by atoms with Gasteiger partial charge in [-0.15, -0.1) is 0 Å². The molecule has 374 valence electrons. The number of likely N-dealkylation sites (N-methyl/N-ethyl adjacent to an activating group) is 1. The maximum atomic E-state index is 13.0. The number of nitrogens with zero attached hydrogens (tertiary/aromatic N) is 1. The van der Waals surface area contributed by atoms with Crippen molar-refractivity contribution in [1.29, 1.82) is 0 Å². The molecule has 0 aromatic rings. The molecule has 0 aromatic heterocycles. The molecule has 4 N–H and O–H groups in total. The van der Waals surface area contributed by atoms with Crippen LogP contribution >= 0.6 is 7.82 Å². The van der Waals surface area contributed by atoms with E-state index in [1.54, 1.807) is 0 Å². The minimum absolute atomic E-state index is 0.0233. The number of phosphoric acid groups is 1. The molecule has 0 saturated carbocycles. The van der Waals surface area contributed by atoms with Crippen molar-refractivity contribution < 1.29 is 38.0 Å². The molecule has 10 heteroatoms. The van der Waals surface area contributed by atoms with Gasteiger partial charge in [0.25, 0.3) is 0 Å². The second-order valence-electron chi connectivity index (χ2n) is 19.7. The lowest BCUT2D eigenvalue weighted by atomic mass is 9.99. The number of nitrogens with one attached hydrogen (secondary N) is 1. The number of aliphatic hydroxyl groups is 2. The van der Waals surface area contributed by atoms with Crippen LogP contribution in [0, 0.1) is 0 Å². The van der Waals surface area contributed by atoms with Gasteiger partial charge in [-0.25, -0.2) is 4.57 Å². The Morgan fingerprint density at radius 2 is 0.937 bits per heavy atom. The third-order valence-electron chi connectivity index (χ3n) is 12.3. The van der Waals surface area contributed by atoms with Crippen LogP contribution in [0.2, 0.25) is 0 Å². The third kappa shape index (κ3) is 45.9. The zero-order valence-corrected chi connectivity index (χ0v) is 43.1. The molecule has 9 nitrogen and oxygen atoms in total. The molecule has 0 heterocycles. The summed E-state index contributed by atoms with van der Waals surface area (Å²) in [6.45, 7) is 4.61. The third-order valence-corrected chi connectivity index (χ3v) is 13.3. The first kappa shape index (κ1) is 61.9. The Labute approximate surface area is 390 Å². The van der Waals surface area contributed by atoms with Gasteiger partial charge in [0.05, 0.1) is 39.9 Å². The predicted molar refractivity (Wildman–Crippen MR) is 269 cm³/mol. The zero-order chi connectivity index (χ0) is 46.5. The number of unbranched alkanes of at least 4 members (excludes halogenated alkanes) is 31. The van der Waals surface area contributed by atoms with E-state index in [1.165, 1.54) is 180 Å². The van der Waals surface area contributed by atoms with Crippen LogP contribution in [0.15, 0.2) is 24.3 Å². The van der Waals surface area contributed by atoms with Crippen LogP contribution in [0.1, 0.15) is 251 Å². The minimum atomic E-state index is -4.42. The molecule has 4 unspecified atom stereocenters. The maximum absolute atomic E-state index is 13.0. The normalized spacial score (nSPS) is 14.7. The van der Waals surface area contributed by atoms with Crippen molar-refractivity contribution in [2.24, 2.45) is 0 Å². The van der Waals surface area contributed by atoms with Gasteiger partial charge in [-0.1, -0.05) is 224 Å². The van der Waals surface area contributed by atoms with E-state index >= 15 is 0 Å². The lowest BCUT2D eigenvalue weighted by Crippen LogP contribution is -2.51. The predicted octanol–water partition coefficient (Wildman–Crippen LogP) is 14.6. The fourth-order valence-electron chi connectivity index (χ4n) is 8.00. The van der Waals surface area contributed by atoms with Gasteiger partial charge in [0.15, 0.2) is 0 Å². The van der Waals surface area contributed by atoms with E-state index in [0.717, 1.165) is 44.9 Å². The summed E-state index contributed by atoms with van der Waals surface area (Å²) in [5.74, 6) is -0.256. The first-order chi connectivity index (χ1) is 30.4. The van der Waals surface area contributed by atoms with Gasteiger partial charge in [-0.05, 0) is 44.9 Å². The van der Waals surface area contributed by atoms with Crippen molar-refractivity contribution in [3.05, 3.63) is 24.3 Å². The number of amides is 1. The molecule has 0 aliphatic carbocycles. The molecule has 0 bridgehead atoms. The molecule has 63 heavy (non-hydrogen) atoms. The van der Waals surface area contributed by atoms with Gasteiger partial charge in [0.2, 0.25) is 5.91 Å². The number of carbonyl (C=O) groups is 1. The van der Waals surface area contributed by atoms with E-state index in [0.29, 0.717) is 23.9 Å². The van der Waals surface area contributed by atoms with Crippen molar-refractivity contribution in [3.8, 4) is 0 Å². The summed E-state index contributed by atoms with van der Waals surface area (Å²) in [5.41, 5.74) is 0. The van der Waals surface area contributed by atoms with E-state index < -0.39 is 32.7 Å². The topological polar surface area (TPSA) is 125 Å². The van der Waals surface area contributed by atoms with Crippen LogP contribution in [0.25, 0.3) is 0 Å². The summed E-state index contributed by atoms with van der Waals surface area (Å²) >= 11 is 0. The first-order valence-electron chi connectivity index (χ1n) is 26.8. The number of phosphoric ester groups is 1. The van der Waals surface area contributed by atoms with E-state index in [-0.39, 0.29) is 12.5 Å². The minimum Gasteiger partial charge on any atom is -0.390 e. The van der Waals surface area contributed by atoms with Crippen molar-refractivity contribution in [2.75, 3.05) is 40.9 Å². The molecule has 0 radical (unpaired) electrons. The second kappa shape index (κ2) is 44.8. The van der Waals surface area contributed by atoms with Gasteiger partial charge < -0.3 is 24.9 Å². The molecule has 0 rings (SSSR count). The summed E-state index contributed by atoms with van der Waals surface area (Å²) < 4.78 is 23.6. The van der Waals surface area contributed by atoms with Gasteiger partial charge in [0.1, 0.15) is 19.3 Å². The number of aliphatic hydroxyl groups excluding tert-OH is 2. The van der Waals surface area contributed by atoms with E-state index in [4.69, 9.17) is 9.05 Å².